The van der Waals surface area contributed by atoms with Gasteiger partial charge in [0.2, 0.25) is 0 Å². The number of furan rings is 1. The number of hydrogen-bond donors (Lipinski definition) is 1. The third-order valence-corrected chi connectivity index (χ3v) is 3.37. The second-order valence-electron chi connectivity index (χ2n) is 4.41. The number of ether oxygens (including phenoxy) is 1. The zero-order chi connectivity index (χ0) is 14.4. The molecule has 1 aromatic carbocycles. The van der Waals surface area contributed by atoms with Crippen LogP contribution in [0.5, 0.6) is 5.75 Å². The molecule has 0 saturated heterocycles. The first-order valence-electron chi connectivity index (χ1n) is 6.54. The smallest absolute Gasteiger partial charge is 0.139 e. The van der Waals surface area contributed by atoms with E-state index in [9.17, 15) is 0 Å². The van der Waals surface area contributed by atoms with Crippen molar-refractivity contribution in [2.24, 2.45) is 0 Å². The van der Waals surface area contributed by atoms with Gasteiger partial charge in [-0.2, -0.15) is 0 Å². The molecule has 0 saturated carbocycles. The number of hydrogen-bond acceptors (Lipinski definition) is 3. The van der Waals surface area contributed by atoms with E-state index in [0.717, 1.165) is 24.3 Å². The van der Waals surface area contributed by atoms with Gasteiger partial charge >= 0.3 is 0 Å². The molecule has 0 atom stereocenters. The van der Waals surface area contributed by atoms with Crippen LogP contribution in [-0.2, 0) is 13.2 Å². The second-order valence-corrected chi connectivity index (χ2v) is 5.25. The largest absolute Gasteiger partial charge is 0.487 e. The maximum absolute atomic E-state index is 6.06. The predicted molar refractivity (Wildman–Crippen MR) is 81.5 cm³/mol. The molecule has 0 radical (unpaired) electrons. The van der Waals surface area contributed by atoms with Gasteiger partial charge in [0.05, 0.1) is 17.8 Å². The highest BCUT2D eigenvalue weighted by atomic mass is 35.5. The highest BCUT2D eigenvalue weighted by molar-refractivity contribution is 6.34. The maximum Gasteiger partial charge on any atom is 0.139 e. The lowest BCUT2D eigenvalue weighted by atomic mass is 10.2. The Labute approximate surface area is 128 Å². The third-order valence-electron chi connectivity index (χ3n) is 2.83. The van der Waals surface area contributed by atoms with E-state index in [-0.39, 0.29) is 0 Å². The second kappa shape index (κ2) is 7.58. The first-order valence-corrected chi connectivity index (χ1v) is 7.30. The zero-order valence-corrected chi connectivity index (χ0v) is 12.8. The van der Waals surface area contributed by atoms with Crippen molar-refractivity contribution in [1.82, 2.24) is 5.32 Å². The molecule has 0 spiro atoms. The van der Waals surface area contributed by atoms with Crippen LogP contribution in [0.3, 0.4) is 0 Å². The van der Waals surface area contributed by atoms with Gasteiger partial charge in [0.15, 0.2) is 0 Å². The lowest BCUT2D eigenvalue weighted by molar-refractivity contribution is 0.301. The van der Waals surface area contributed by atoms with Crippen LogP contribution in [0.2, 0.25) is 10.0 Å². The van der Waals surface area contributed by atoms with Crippen LogP contribution >= 0.6 is 23.2 Å². The minimum Gasteiger partial charge on any atom is -0.487 e. The number of nitrogens with one attached hydrogen (secondary N) is 1. The molecule has 20 heavy (non-hydrogen) atoms. The van der Waals surface area contributed by atoms with Crippen molar-refractivity contribution in [3.05, 3.63) is 51.9 Å². The molecule has 2 rings (SSSR count). The lowest BCUT2D eigenvalue weighted by Gasteiger charge is -2.09. The normalized spacial score (nSPS) is 10.8. The van der Waals surface area contributed by atoms with Gasteiger partial charge < -0.3 is 14.5 Å². The Balaban J connectivity index is 1.97. The van der Waals surface area contributed by atoms with E-state index in [1.165, 1.54) is 0 Å². The van der Waals surface area contributed by atoms with Crippen molar-refractivity contribution in [2.45, 2.75) is 26.5 Å². The molecular formula is C15H17Cl2NO2. The highest BCUT2D eigenvalue weighted by Gasteiger charge is 2.08. The average Bonchev–Trinajstić information content (AvgIpc) is 2.88. The van der Waals surface area contributed by atoms with Gasteiger partial charge in [-0.1, -0.05) is 30.1 Å². The Morgan fingerprint density at radius 1 is 1.25 bits per heavy atom. The molecule has 0 aliphatic rings. The molecule has 5 heteroatoms. The van der Waals surface area contributed by atoms with Gasteiger partial charge in [0.1, 0.15) is 18.1 Å². The summed E-state index contributed by atoms with van der Waals surface area (Å²) in [5, 5.41) is 4.44. The molecule has 1 N–H and O–H groups in total. The Morgan fingerprint density at radius 3 is 2.90 bits per heavy atom. The molecule has 1 aromatic heterocycles. The standard InChI is InChI=1S/C15H17Cl2NO2/c1-2-6-18-9-15-11(5-7-19-15)10-20-14-8-12(16)3-4-13(14)17/h3-5,7-8,18H,2,6,9-10H2,1H3. The Kier molecular flexibility index (Phi) is 5.77. The van der Waals surface area contributed by atoms with Crippen LogP contribution in [0.1, 0.15) is 24.7 Å². The van der Waals surface area contributed by atoms with E-state index in [1.54, 1.807) is 24.5 Å². The topological polar surface area (TPSA) is 34.4 Å². The van der Waals surface area contributed by atoms with Crippen LogP contribution in [0.15, 0.2) is 34.9 Å². The van der Waals surface area contributed by atoms with Gasteiger partial charge in [0, 0.05) is 16.7 Å². The Bertz CT molecular complexity index is 555. The molecule has 1 heterocycles. The molecular weight excluding hydrogens is 297 g/mol. The summed E-state index contributed by atoms with van der Waals surface area (Å²) < 4.78 is 11.2. The van der Waals surface area contributed by atoms with Crippen molar-refractivity contribution in [3.8, 4) is 5.75 Å². The molecule has 0 aliphatic heterocycles. The first-order chi connectivity index (χ1) is 9.70. The van der Waals surface area contributed by atoms with Crippen LogP contribution < -0.4 is 10.1 Å². The minimum absolute atomic E-state index is 0.402. The van der Waals surface area contributed by atoms with Gasteiger partial charge in [-0.25, -0.2) is 0 Å². The molecule has 0 unspecified atom stereocenters. The summed E-state index contributed by atoms with van der Waals surface area (Å²) in [6.45, 7) is 4.18. The van der Waals surface area contributed by atoms with E-state index < -0.39 is 0 Å². The summed E-state index contributed by atoms with van der Waals surface area (Å²) in [7, 11) is 0. The van der Waals surface area contributed by atoms with E-state index in [4.69, 9.17) is 32.4 Å². The van der Waals surface area contributed by atoms with Gasteiger partial charge in [-0.3, -0.25) is 0 Å². The molecule has 2 aromatic rings. The summed E-state index contributed by atoms with van der Waals surface area (Å²) in [6.07, 6.45) is 2.76. The third kappa shape index (κ3) is 4.17. The summed E-state index contributed by atoms with van der Waals surface area (Å²) >= 11 is 12.0. The predicted octanol–water partition coefficient (Wildman–Crippen LogP) is 4.67. The summed E-state index contributed by atoms with van der Waals surface area (Å²) in [4.78, 5) is 0. The fraction of sp³-hybridized carbons (Fsp3) is 0.333. The maximum atomic E-state index is 6.06. The number of rotatable bonds is 7. The fourth-order valence-electron chi connectivity index (χ4n) is 1.77. The summed E-state index contributed by atoms with van der Waals surface area (Å²) in [5.74, 6) is 1.46. The highest BCUT2D eigenvalue weighted by Crippen LogP contribution is 2.28. The van der Waals surface area contributed by atoms with Crippen molar-refractivity contribution >= 4 is 23.2 Å². The molecule has 0 amide bonds. The first kappa shape index (κ1) is 15.2. The average molecular weight is 314 g/mol. The Morgan fingerprint density at radius 2 is 2.10 bits per heavy atom. The number of halogens is 2. The van der Waals surface area contributed by atoms with Gasteiger partial charge in [-0.05, 0) is 31.2 Å². The fourth-order valence-corrected chi connectivity index (χ4v) is 2.11. The van der Waals surface area contributed by atoms with Crippen LogP contribution in [0.4, 0.5) is 0 Å². The molecule has 0 bridgehead atoms. The van der Waals surface area contributed by atoms with E-state index in [2.05, 4.69) is 12.2 Å². The summed E-state index contributed by atoms with van der Waals surface area (Å²) in [6, 6.07) is 7.06. The zero-order valence-electron chi connectivity index (χ0n) is 11.3. The van der Waals surface area contributed by atoms with Gasteiger partial charge in [0.25, 0.3) is 0 Å². The van der Waals surface area contributed by atoms with E-state index >= 15 is 0 Å². The molecule has 3 nitrogen and oxygen atoms in total. The van der Waals surface area contributed by atoms with E-state index in [0.29, 0.717) is 28.9 Å². The summed E-state index contributed by atoms with van der Waals surface area (Å²) in [5.41, 5.74) is 1.00. The van der Waals surface area contributed by atoms with Crippen molar-refractivity contribution in [1.29, 1.82) is 0 Å². The van der Waals surface area contributed by atoms with Crippen LogP contribution in [0.25, 0.3) is 0 Å². The van der Waals surface area contributed by atoms with Crippen LogP contribution in [-0.4, -0.2) is 6.54 Å². The molecule has 108 valence electrons. The van der Waals surface area contributed by atoms with Crippen molar-refractivity contribution in [2.75, 3.05) is 6.54 Å². The quantitative estimate of drug-likeness (QED) is 0.755. The minimum atomic E-state index is 0.402. The van der Waals surface area contributed by atoms with Gasteiger partial charge in [-0.15, -0.1) is 0 Å². The Hall–Kier alpha value is -1.16. The monoisotopic (exact) mass is 313 g/mol. The van der Waals surface area contributed by atoms with Crippen LogP contribution in [0, 0.1) is 0 Å². The van der Waals surface area contributed by atoms with Crippen molar-refractivity contribution in [3.63, 3.8) is 0 Å². The number of benzene rings is 1. The lowest BCUT2D eigenvalue weighted by Crippen LogP contribution is -2.14. The SMILES string of the molecule is CCCNCc1occc1COc1cc(Cl)ccc1Cl. The molecule has 0 aliphatic carbocycles. The van der Waals surface area contributed by atoms with E-state index in [1.807, 2.05) is 6.07 Å². The molecule has 0 fully saturated rings. The van der Waals surface area contributed by atoms with Crippen molar-refractivity contribution < 1.29 is 9.15 Å².